The second-order valence-electron chi connectivity index (χ2n) is 4.63. The van der Waals surface area contributed by atoms with Gasteiger partial charge in [0.05, 0.1) is 15.6 Å². The van der Waals surface area contributed by atoms with Gasteiger partial charge in [-0.15, -0.1) is 0 Å². The lowest BCUT2D eigenvalue weighted by atomic mass is 10.2. The summed E-state index contributed by atoms with van der Waals surface area (Å²) in [4.78, 5) is 22.6. The second kappa shape index (κ2) is 6.33. The number of nitro benzene ring substituents is 1. The molecule has 1 aromatic heterocycles. The van der Waals surface area contributed by atoms with Crippen molar-refractivity contribution in [3.05, 3.63) is 50.2 Å². The number of benzene rings is 1. The van der Waals surface area contributed by atoms with E-state index in [9.17, 15) is 14.9 Å². The molecule has 1 amide bonds. The molecule has 0 radical (unpaired) electrons. The van der Waals surface area contributed by atoms with Gasteiger partial charge >= 0.3 is 0 Å². The lowest BCUT2D eigenvalue weighted by Crippen LogP contribution is -2.24. The van der Waals surface area contributed by atoms with Crippen molar-refractivity contribution in [3.8, 4) is 0 Å². The van der Waals surface area contributed by atoms with E-state index < -0.39 is 16.9 Å². The summed E-state index contributed by atoms with van der Waals surface area (Å²) >= 11 is 11.6. The van der Waals surface area contributed by atoms with Gasteiger partial charge in [-0.25, -0.2) is 0 Å². The smallest absolute Gasteiger partial charge is 0.294 e. The quantitative estimate of drug-likeness (QED) is 0.678. The van der Waals surface area contributed by atoms with Gasteiger partial charge in [-0.05, 0) is 26.0 Å². The predicted octanol–water partition coefficient (Wildman–Crippen LogP) is 3.61. The average Bonchev–Trinajstić information content (AvgIpc) is 2.79. The Hall–Kier alpha value is -2.12. The topological polar surface area (TPSA) is 90.1 Å². The van der Waals surface area contributed by atoms with Gasteiger partial charge in [-0.2, -0.15) is 5.10 Å². The first-order valence-electron chi connectivity index (χ1n) is 6.25. The van der Waals surface area contributed by atoms with Crippen molar-refractivity contribution >= 4 is 40.5 Å². The van der Waals surface area contributed by atoms with E-state index in [0.717, 1.165) is 0 Å². The summed E-state index contributed by atoms with van der Waals surface area (Å²) < 4.78 is 1.40. The van der Waals surface area contributed by atoms with E-state index in [1.54, 1.807) is 13.8 Å². The van der Waals surface area contributed by atoms with Crippen LogP contribution in [0.15, 0.2) is 24.4 Å². The molecule has 0 spiro atoms. The van der Waals surface area contributed by atoms with Crippen LogP contribution in [0.25, 0.3) is 0 Å². The number of aryl methyl sites for hydroxylation is 1. The zero-order valence-electron chi connectivity index (χ0n) is 11.7. The Morgan fingerprint density at radius 3 is 2.68 bits per heavy atom. The van der Waals surface area contributed by atoms with Crippen LogP contribution in [-0.4, -0.2) is 20.6 Å². The maximum atomic E-state index is 12.2. The first-order chi connectivity index (χ1) is 10.3. The lowest BCUT2D eigenvalue weighted by molar-refractivity contribution is -0.383. The zero-order valence-corrected chi connectivity index (χ0v) is 13.2. The van der Waals surface area contributed by atoms with Crippen molar-refractivity contribution in [2.75, 3.05) is 5.32 Å². The Morgan fingerprint density at radius 1 is 1.45 bits per heavy atom. The molecule has 0 saturated carbocycles. The number of halogens is 2. The van der Waals surface area contributed by atoms with Gasteiger partial charge < -0.3 is 5.32 Å². The molecule has 1 N–H and O–H groups in total. The van der Waals surface area contributed by atoms with Crippen molar-refractivity contribution in [2.24, 2.45) is 0 Å². The second-order valence-corrected chi connectivity index (χ2v) is 5.47. The van der Waals surface area contributed by atoms with Crippen molar-refractivity contribution in [3.63, 3.8) is 0 Å². The van der Waals surface area contributed by atoms with Gasteiger partial charge in [0.1, 0.15) is 11.7 Å². The van der Waals surface area contributed by atoms with Crippen molar-refractivity contribution in [2.45, 2.75) is 19.9 Å². The van der Waals surface area contributed by atoms with Crippen LogP contribution in [0.4, 0.5) is 11.4 Å². The van der Waals surface area contributed by atoms with Gasteiger partial charge in [-0.3, -0.25) is 19.6 Å². The van der Waals surface area contributed by atoms with Crippen LogP contribution in [0.5, 0.6) is 0 Å². The molecule has 0 saturated heterocycles. The van der Waals surface area contributed by atoms with E-state index >= 15 is 0 Å². The minimum atomic E-state index is -0.679. The Kier molecular flexibility index (Phi) is 4.68. The summed E-state index contributed by atoms with van der Waals surface area (Å²) in [6, 6.07) is 3.34. The fraction of sp³-hybridized carbons (Fsp3) is 0.231. The van der Waals surface area contributed by atoms with Crippen LogP contribution in [0, 0.1) is 17.0 Å². The molecule has 0 aliphatic rings. The minimum Gasteiger partial charge on any atom is -0.319 e. The Bertz CT molecular complexity index is 725. The molecule has 0 fully saturated rings. The fourth-order valence-corrected chi connectivity index (χ4v) is 2.08. The number of carbonyl (C=O) groups is 1. The molecule has 9 heteroatoms. The molecular weight excluding hydrogens is 331 g/mol. The van der Waals surface area contributed by atoms with Gasteiger partial charge in [0.15, 0.2) is 0 Å². The summed E-state index contributed by atoms with van der Waals surface area (Å²) in [6.45, 7) is 3.33. The molecular formula is C13H12Cl2N4O3. The number of hydrogen-bond acceptors (Lipinski definition) is 4. The van der Waals surface area contributed by atoms with Crippen molar-refractivity contribution < 1.29 is 9.72 Å². The molecule has 1 atom stereocenters. The summed E-state index contributed by atoms with van der Waals surface area (Å²) in [5, 5.41) is 18.3. The standard InChI is InChI=1S/C13H12Cl2N4O3/c1-7-10(15)6-18(17-7)8(2)13(20)16-11-4-3-9(14)5-12(11)19(21)22/h3-6,8H,1-2H3,(H,16,20). The Labute approximate surface area is 136 Å². The first-order valence-corrected chi connectivity index (χ1v) is 7.01. The van der Waals surface area contributed by atoms with Gasteiger partial charge in [0, 0.05) is 17.3 Å². The number of anilines is 1. The summed E-state index contributed by atoms with van der Waals surface area (Å²) in [5.41, 5.74) is 0.391. The number of nitro groups is 1. The molecule has 2 rings (SSSR count). The SMILES string of the molecule is Cc1nn(C(C)C(=O)Nc2ccc(Cl)cc2[N+](=O)[O-])cc1Cl. The third-order valence-electron chi connectivity index (χ3n) is 3.05. The molecule has 0 aliphatic carbocycles. The summed E-state index contributed by atoms with van der Waals surface area (Å²) in [5.74, 6) is -0.454. The maximum Gasteiger partial charge on any atom is 0.294 e. The van der Waals surface area contributed by atoms with Crippen LogP contribution >= 0.6 is 23.2 Å². The maximum absolute atomic E-state index is 12.2. The Morgan fingerprint density at radius 2 is 2.14 bits per heavy atom. The number of rotatable bonds is 4. The highest BCUT2D eigenvalue weighted by molar-refractivity contribution is 6.31. The molecule has 0 aliphatic heterocycles. The van der Waals surface area contributed by atoms with Crippen LogP contribution < -0.4 is 5.32 Å². The molecule has 0 bridgehead atoms. The molecule has 22 heavy (non-hydrogen) atoms. The highest BCUT2D eigenvalue weighted by Crippen LogP contribution is 2.28. The van der Waals surface area contributed by atoms with E-state index in [0.29, 0.717) is 10.7 Å². The number of aromatic nitrogens is 2. The number of nitrogens with one attached hydrogen (secondary N) is 1. The van der Waals surface area contributed by atoms with E-state index in [-0.39, 0.29) is 16.4 Å². The predicted molar refractivity (Wildman–Crippen MR) is 83.4 cm³/mol. The molecule has 2 aromatic rings. The summed E-state index contributed by atoms with van der Waals surface area (Å²) in [6.07, 6.45) is 1.53. The van der Waals surface area contributed by atoms with Crippen molar-refractivity contribution in [1.82, 2.24) is 9.78 Å². The highest BCUT2D eigenvalue weighted by Gasteiger charge is 2.21. The van der Waals surface area contributed by atoms with Crippen LogP contribution in [0.3, 0.4) is 0 Å². The highest BCUT2D eigenvalue weighted by atomic mass is 35.5. The number of carbonyl (C=O) groups excluding carboxylic acids is 1. The molecule has 1 aromatic carbocycles. The Balaban J connectivity index is 2.23. The molecule has 1 heterocycles. The third kappa shape index (κ3) is 3.37. The number of amides is 1. The average molecular weight is 343 g/mol. The largest absolute Gasteiger partial charge is 0.319 e. The van der Waals surface area contributed by atoms with Crippen molar-refractivity contribution in [1.29, 1.82) is 0 Å². The van der Waals surface area contributed by atoms with Gasteiger partial charge in [0.2, 0.25) is 5.91 Å². The number of nitrogens with zero attached hydrogens (tertiary/aromatic N) is 3. The van der Waals surface area contributed by atoms with Gasteiger partial charge in [0.25, 0.3) is 5.69 Å². The van der Waals surface area contributed by atoms with Crippen LogP contribution in [-0.2, 0) is 4.79 Å². The fourth-order valence-electron chi connectivity index (χ4n) is 1.78. The zero-order chi connectivity index (χ0) is 16.4. The van der Waals surface area contributed by atoms with E-state index in [1.165, 1.54) is 29.1 Å². The van der Waals surface area contributed by atoms with E-state index in [4.69, 9.17) is 23.2 Å². The first kappa shape index (κ1) is 16.3. The molecule has 116 valence electrons. The monoisotopic (exact) mass is 342 g/mol. The normalized spacial score (nSPS) is 12.0. The number of hydrogen-bond donors (Lipinski definition) is 1. The van der Waals surface area contributed by atoms with Crippen LogP contribution in [0.1, 0.15) is 18.7 Å². The van der Waals surface area contributed by atoms with E-state index in [2.05, 4.69) is 10.4 Å². The van der Waals surface area contributed by atoms with Crippen LogP contribution in [0.2, 0.25) is 10.0 Å². The molecule has 7 nitrogen and oxygen atoms in total. The van der Waals surface area contributed by atoms with Gasteiger partial charge in [-0.1, -0.05) is 23.2 Å². The third-order valence-corrected chi connectivity index (χ3v) is 3.65. The minimum absolute atomic E-state index is 0.0706. The molecule has 1 unspecified atom stereocenters. The van der Waals surface area contributed by atoms with E-state index in [1.807, 2.05) is 0 Å². The summed E-state index contributed by atoms with van der Waals surface area (Å²) in [7, 11) is 0. The lowest BCUT2D eigenvalue weighted by Gasteiger charge is -2.13.